The van der Waals surface area contributed by atoms with Gasteiger partial charge in [0, 0.05) is 5.02 Å². The highest BCUT2D eigenvalue weighted by Crippen LogP contribution is 2.12. The quantitative estimate of drug-likeness (QED) is 0.797. The molecule has 0 bridgehead atoms. The predicted octanol–water partition coefficient (Wildman–Crippen LogP) is 2.83. The molecule has 0 heterocycles. The van der Waals surface area contributed by atoms with Crippen LogP contribution in [0.2, 0.25) is 5.02 Å². The van der Waals surface area contributed by atoms with Gasteiger partial charge in [-0.2, -0.15) is 0 Å². The number of aryl methyl sites for hydroxylation is 1. The summed E-state index contributed by atoms with van der Waals surface area (Å²) in [5, 5.41) is 18.1. The molecule has 0 unspecified atom stereocenters. The Balaban J connectivity index is 0.000000277. The van der Waals surface area contributed by atoms with Crippen molar-refractivity contribution in [3.8, 4) is 0 Å². The summed E-state index contributed by atoms with van der Waals surface area (Å²) >= 11 is 5.61. The molecular formula is C16H14ClNO5. The SMILES string of the molecule is Cc1ccc(Cl)cc1.NC(=O)c1ccc(C(=O)O)cc1C(=O)O. The van der Waals surface area contributed by atoms with Crippen molar-refractivity contribution in [2.45, 2.75) is 6.92 Å². The Morgan fingerprint density at radius 3 is 1.87 bits per heavy atom. The molecule has 120 valence electrons. The van der Waals surface area contributed by atoms with Gasteiger partial charge in [0.25, 0.3) is 0 Å². The summed E-state index contributed by atoms with van der Waals surface area (Å²) in [5.74, 6) is -3.58. The second-order valence-corrected chi connectivity index (χ2v) is 4.97. The third kappa shape index (κ3) is 5.44. The number of carboxylic acids is 2. The standard InChI is InChI=1S/C9H7NO5.C7H7Cl/c10-7(11)5-2-1-4(8(12)13)3-6(5)9(14)15;1-6-2-4-7(8)5-3-6/h1-3H,(H2,10,11)(H,12,13)(H,14,15);2-5H,1H3. The molecule has 0 aromatic heterocycles. The lowest BCUT2D eigenvalue weighted by atomic mass is 10.0. The molecule has 2 aromatic rings. The van der Waals surface area contributed by atoms with Gasteiger partial charge in [0.1, 0.15) is 0 Å². The van der Waals surface area contributed by atoms with Gasteiger partial charge in [0.05, 0.1) is 16.7 Å². The monoisotopic (exact) mass is 335 g/mol. The van der Waals surface area contributed by atoms with Crippen molar-refractivity contribution in [1.29, 1.82) is 0 Å². The molecule has 4 N–H and O–H groups in total. The van der Waals surface area contributed by atoms with Crippen LogP contribution in [0.15, 0.2) is 42.5 Å². The second kappa shape index (κ2) is 7.95. The van der Waals surface area contributed by atoms with Crippen LogP contribution in [0.25, 0.3) is 0 Å². The number of carbonyl (C=O) groups is 3. The number of benzene rings is 2. The Morgan fingerprint density at radius 2 is 1.48 bits per heavy atom. The number of primary amides is 1. The van der Waals surface area contributed by atoms with E-state index in [1.165, 1.54) is 5.56 Å². The van der Waals surface area contributed by atoms with Gasteiger partial charge in [-0.15, -0.1) is 0 Å². The van der Waals surface area contributed by atoms with Crippen LogP contribution in [0.5, 0.6) is 0 Å². The van der Waals surface area contributed by atoms with Crippen LogP contribution in [-0.2, 0) is 0 Å². The molecule has 0 radical (unpaired) electrons. The van der Waals surface area contributed by atoms with Crippen LogP contribution < -0.4 is 5.73 Å². The minimum absolute atomic E-state index is 0.211. The van der Waals surface area contributed by atoms with Crippen molar-refractivity contribution in [1.82, 2.24) is 0 Å². The number of nitrogens with two attached hydrogens (primary N) is 1. The summed E-state index contributed by atoms with van der Waals surface area (Å²) in [5.41, 5.74) is 5.33. The lowest BCUT2D eigenvalue weighted by molar-refractivity contribution is 0.0692. The van der Waals surface area contributed by atoms with Crippen molar-refractivity contribution in [2.75, 3.05) is 0 Å². The van der Waals surface area contributed by atoms with Crippen LogP contribution in [-0.4, -0.2) is 28.1 Å². The number of aromatic carboxylic acids is 2. The van der Waals surface area contributed by atoms with E-state index in [0.29, 0.717) is 0 Å². The Kier molecular flexibility index (Phi) is 6.29. The number of rotatable bonds is 3. The molecule has 0 spiro atoms. The maximum Gasteiger partial charge on any atom is 0.336 e. The zero-order chi connectivity index (χ0) is 17.6. The molecule has 0 aliphatic rings. The van der Waals surface area contributed by atoms with Gasteiger partial charge in [0.15, 0.2) is 0 Å². The molecule has 2 rings (SSSR count). The normalized spacial score (nSPS) is 9.48. The first kappa shape index (κ1) is 18.2. The van der Waals surface area contributed by atoms with E-state index in [0.717, 1.165) is 23.2 Å². The lowest BCUT2D eigenvalue weighted by Gasteiger charge is -2.02. The van der Waals surface area contributed by atoms with E-state index >= 15 is 0 Å². The highest BCUT2D eigenvalue weighted by atomic mass is 35.5. The van der Waals surface area contributed by atoms with Crippen LogP contribution in [0.1, 0.15) is 36.6 Å². The molecule has 0 saturated heterocycles. The number of hydrogen-bond donors (Lipinski definition) is 3. The van der Waals surface area contributed by atoms with Crippen LogP contribution >= 0.6 is 11.6 Å². The van der Waals surface area contributed by atoms with E-state index in [4.69, 9.17) is 27.5 Å². The molecule has 0 atom stereocenters. The van der Waals surface area contributed by atoms with Gasteiger partial charge in [-0.1, -0.05) is 29.3 Å². The summed E-state index contributed by atoms with van der Waals surface area (Å²) in [6.07, 6.45) is 0. The molecular weight excluding hydrogens is 322 g/mol. The average Bonchev–Trinajstić information content (AvgIpc) is 2.50. The summed E-state index contributed by atoms with van der Waals surface area (Å²) in [4.78, 5) is 32.1. The van der Waals surface area contributed by atoms with Crippen molar-refractivity contribution >= 4 is 29.4 Å². The van der Waals surface area contributed by atoms with Crippen LogP contribution in [0, 0.1) is 6.92 Å². The van der Waals surface area contributed by atoms with E-state index in [1.54, 1.807) is 0 Å². The number of hydrogen-bond acceptors (Lipinski definition) is 3. The molecule has 0 aliphatic heterocycles. The first-order valence-electron chi connectivity index (χ1n) is 6.35. The minimum Gasteiger partial charge on any atom is -0.478 e. The number of amides is 1. The third-order valence-corrected chi connectivity index (χ3v) is 3.03. The summed E-state index contributed by atoms with van der Waals surface area (Å²) < 4.78 is 0. The van der Waals surface area contributed by atoms with Gasteiger partial charge in [-0.05, 0) is 37.3 Å². The van der Waals surface area contributed by atoms with E-state index < -0.39 is 23.4 Å². The first-order chi connectivity index (χ1) is 10.7. The molecule has 1 amide bonds. The Labute approximate surface area is 137 Å². The van der Waals surface area contributed by atoms with Crippen molar-refractivity contribution in [2.24, 2.45) is 5.73 Å². The van der Waals surface area contributed by atoms with Gasteiger partial charge in [-0.3, -0.25) is 4.79 Å². The molecule has 2 aromatic carbocycles. The molecule has 0 saturated carbocycles. The fourth-order valence-electron chi connectivity index (χ4n) is 1.60. The number of carboxylic acid groups (broad SMARTS) is 2. The largest absolute Gasteiger partial charge is 0.478 e. The molecule has 7 heteroatoms. The lowest BCUT2D eigenvalue weighted by Crippen LogP contribution is -2.17. The predicted molar refractivity (Wildman–Crippen MR) is 85.1 cm³/mol. The van der Waals surface area contributed by atoms with Crippen LogP contribution in [0.4, 0.5) is 0 Å². The summed E-state index contributed by atoms with van der Waals surface area (Å²) in [6.45, 7) is 2.04. The van der Waals surface area contributed by atoms with Crippen molar-refractivity contribution < 1.29 is 24.6 Å². The van der Waals surface area contributed by atoms with Crippen molar-refractivity contribution in [3.05, 3.63) is 69.7 Å². The van der Waals surface area contributed by atoms with Crippen LogP contribution in [0.3, 0.4) is 0 Å². The Hall–Kier alpha value is -2.86. The first-order valence-corrected chi connectivity index (χ1v) is 6.72. The third-order valence-electron chi connectivity index (χ3n) is 2.77. The Bertz CT molecular complexity index is 720. The number of carbonyl (C=O) groups excluding carboxylic acids is 1. The Morgan fingerprint density at radius 1 is 0.913 bits per heavy atom. The van der Waals surface area contributed by atoms with Gasteiger partial charge in [-0.25, -0.2) is 9.59 Å². The fourth-order valence-corrected chi connectivity index (χ4v) is 1.73. The van der Waals surface area contributed by atoms with E-state index in [2.05, 4.69) is 0 Å². The maximum absolute atomic E-state index is 10.8. The average molecular weight is 336 g/mol. The van der Waals surface area contributed by atoms with Gasteiger partial charge in [0.2, 0.25) is 5.91 Å². The fraction of sp³-hybridized carbons (Fsp3) is 0.0625. The smallest absolute Gasteiger partial charge is 0.336 e. The zero-order valence-corrected chi connectivity index (χ0v) is 12.9. The summed E-state index contributed by atoms with van der Waals surface area (Å²) in [6, 6.07) is 10.8. The topological polar surface area (TPSA) is 118 Å². The molecule has 6 nitrogen and oxygen atoms in total. The van der Waals surface area contributed by atoms with E-state index in [-0.39, 0.29) is 11.1 Å². The number of halogens is 1. The molecule has 23 heavy (non-hydrogen) atoms. The summed E-state index contributed by atoms with van der Waals surface area (Å²) in [7, 11) is 0. The maximum atomic E-state index is 10.8. The van der Waals surface area contributed by atoms with Gasteiger partial charge < -0.3 is 15.9 Å². The highest BCUT2D eigenvalue weighted by molar-refractivity contribution is 6.30. The molecule has 0 aliphatic carbocycles. The van der Waals surface area contributed by atoms with Gasteiger partial charge >= 0.3 is 11.9 Å². The molecule has 0 fully saturated rings. The minimum atomic E-state index is -1.40. The van der Waals surface area contributed by atoms with E-state index in [9.17, 15) is 14.4 Å². The zero-order valence-electron chi connectivity index (χ0n) is 12.1. The van der Waals surface area contributed by atoms with E-state index in [1.807, 2.05) is 31.2 Å². The highest BCUT2D eigenvalue weighted by Gasteiger charge is 2.16. The second-order valence-electron chi connectivity index (χ2n) is 4.53. The van der Waals surface area contributed by atoms with Crippen molar-refractivity contribution in [3.63, 3.8) is 0 Å².